The second-order valence-electron chi connectivity index (χ2n) is 2.08. The Kier molecular flexibility index (Phi) is 3.02. The number of aliphatic hydroxyl groups is 1. The second-order valence-corrected chi connectivity index (χ2v) is 2.08. The normalized spacial score (nSPS) is 21.9. The van der Waals surface area contributed by atoms with Gasteiger partial charge in [0.1, 0.15) is 0 Å². The highest BCUT2D eigenvalue weighted by Crippen LogP contribution is 2.21. The summed E-state index contributed by atoms with van der Waals surface area (Å²) >= 11 is 0. The highest BCUT2D eigenvalue weighted by molar-refractivity contribution is 4.83. The molecule has 1 aliphatic heterocycles. The Balaban J connectivity index is 2.39. The summed E-state index contributed by atoms with van der Waals surface area (Å²) in [5.74, 6) is -1.11. The smallest absolute Gasteiger partial charge is 0.304 e. The number of rotatable bonds is 4. The number of ether oxygens (including phenoxy) is 3. The maximum atomic E-state index is 8.47. The third-order valence-electron chi connectivity index (χ3n) is 1.33. The maximum Gasteiger partial charge on any atom is 0.304 e. The average Bonchev–Trinajstić information content (AvgIpc) is 2.50. The van der Waals surface area contributed by atoms with Crippen LogP contribution in [0.2, 0.25) is 0 Å². The van der Waals surface area contributed by atoms with Crippen molar-refractivity contribution < 1.29 is 19.3 Å². The number of hydrogen-bond acceptors (Lipinski definition) is 4. The summed E-state index contributed by atoms with van der Waals surface area (Å²) in [6, 6.07) is 0. The molecule has 0 amide bonds. The van der Waals surface area contributed by atoms with Gasteiger partial charge in [0.25, 0.3) is 0 Å². The summed E-state index contributed by atoms with van der Waals surface area (Å²) in [4.78, 5) is 0. The van der Waals surface area contributed by atoms with E-state index in [0.717, 1.165) is 0 Å². The molecular formula is C7H12O4. The molecule has 0 radical (unpaired) electrons. The van der Waals surface area contributed by atoms with Crippen LogP contribution in [-0.2, 0) is 14.2 Å². The third kappa shape index (κ3) is 2.00. The lowest BCUT2D eigenvalue weighted by Gasteiger charge is -2.22. The highest BCUT2D eigenvalue weighted by Gasteiger charge is 2.34. The predicted molar refractivity (Wildman–Crippen MR) is 37.9 cm³/mol. The van der Waals surface area contributed by atoms with E-state index in [1.165, 1.54) is 6.08 Å². The van der Waals surface area contributed by atoms with Gasteiger partial charge in [-0.2, -0.15) is 0 Å². The zero-order valence-corrected chi connectivity index (χ0v) is 6.28. The van der Waals surface area contributed by atoms with Gasteiger partial charge in [-0.1, -0.05) is 6.58 Å². The molecule has 4 nitrogen and oxygen atoms in total. The molecule has 1 saturated heterocycles. The van der Waals surface area contributed by atoms with Gasteiger partial charge >= 0.3 is 5.97 Å². The van der Waals surface area contributed by atoms with Crippen molar-refractivity contribution in [3.63, 3.8) is 0 Å². The van der Waals surface area contributed by atoms with Gasteiger partial charge in [0, 0.05) is 0 Å². The monoisotopic (exact) mass is 160 g/mol. The van der Waals surface area contributed by atoms with Crippen molar-refractivity contribution in [3.8, 4) is 0 Å². The fourth-order valence-corrected chi connectivity index (χ4v) is 0.858. The average molecular weight is 160 g/mol. The molecule has 0 aromatic carbocycles. The summed E-state index contributed by atoms with van der Waals surface area (Å²) < 4.78 is 15.3. The van der Waals surface area contributed by atoms with Crippen LogP contribution in [0.3, 0.4) is 0 Å². The molecule has 0 saturated carbocycles. The molecule has 64 valence electrons. The van der Waals surface area contributed by atoms with Crippen molar-refractivity contribution in [1.82, 2.24) is 0 Å². The van der Waals surface area contributed by atoms with Gasteiger partial charge < -0.3 is 19.3 Å². The highest BCUT2D eigenvalue weighted by atomic mass is 16.9. The molecule has 0 aliphatic carbocycles. The molecule has 4 heteroatoms. The zero-order valence-electron chi connectivity index (χ0n) is 6.28. The largest absolute Gasteiger partial charge is 0.394 e. The first kappa shape index (κ1) is 8.67. The Hall–Kier alpha value is -0.420. The van der Waals surface area contributed by atoms with Crippen LogP contribution >= 0.6 is 0 Å². The van der Waals surface area contributed by atoms with Gasteiger partial charge in [0.05, 0.1) is 26.4 Å². The van der Waals surface area contributed by atoms with E-state index in [4.69, 9.17) is 19.3 Å². The van der Waals surface area contributed by atoms with E-state index in [2.05, 4.69) is 6.58 Å². The molecule has 11 heavy (non-hydrogen) atoms. The zero-order chi connectivity index (χ0) is 8.16. The van der Waals surface area contributed by atoms with Crippen LogP contribution in [-0.4, -0.2) is 37.5 Å². The Morgan fingerprint density at radius 2 is 2.18 bits per heavy atom. The lowest BCUT2D eigenvalue weighted by atomic mass is 10.5. The van der Waals surface area contributed by atoms with Crippen molar-refractivity contribution >= 4 is 0 Å². The summed E-state index contributed by atoms with van der Waals surface area (Å²) in [6.07, 6.45) is 1.44. The van der Waals surface area contributed by atoms with Crippen molar-refractivity contribution in [3.05, 3.63) is 12.7 Å². The van der Waals surface area contributed by atoms with E-state index in [1.54, 1.807) is 0 Å². The van der Waals surface area contributed by atoms with Crippen LogP contribution in [0.25, 0.3) is 0 Å². The molecule has 1 aliphatic rings. The minimum absolute atomic E-state index is 0.0533. The first-order valence-corrected chi connectivity index (χ1v) is 3.49. The summed E-state index contributed by atoms with van der Waals surface area (Å²) in [7, 11) is 0. The van der Waals surface area contributed by atoms with Crippen LogP contribution in [0.5, 0.6) is 0 Å². The van der Waals surface area contributed by atoms with E-state index < -0.39 is 5.97 Å². The first-order valence-electron chi connectivity index (χ1n) is 3.49. The number of aliphatic hydroxyl groups excluding tert-OH is 1. The van der Waals surface area contributed by atoms with Crippen LogP contribution in [0.1, 0.15) is 0 Å². The summed E-state index contributed by atoms with van der Waals surface area (Å²) in [5, 5.41) is 8.47. The van der Waals surface area contributed by atoms with Crippen molar-refractivity contribution in [2.75, 3.05) is 26.4 Å². The lowest BCUT2D eigenvalue weighted by Crippen LogP contribution is -2.32. The van der Waals surface area contributed by atoms with E-state index in [1.807, 2.05) is 0 Å². The van der Waals surface area contributed by atoms with Gasteiger partial charge in [-0.05, 0) is 6.08 Å². The molecule has 0 aromatic rings. The van der Waals surface area contributed by atoms with Crippen molar-refractivity contribution in [2.45, 2.75) is 5.97 Å². The lowest BCUT2D eigenvalue weighted by molar-refractivity contribution is -0.298. The van der Waals surface area contributed by atoms with Gasteiger partial charge in [-0.3, -0.25) is 0 Å². The molecule has 1 rings (SSSR count). The summed E-state index contributed by atoms with van der Waals surface area (Å²) in [6.45, 7) is 4.64. The standard InChI is InChI=1S/C7H12O4/c1-2-7(9-4-3-8)10-5-6-11-7/h2,8H,1,3-6H2. The van der Waals surface area contributed by atoms with Gasteiger partial charge in [0.15, 0.2) is 0 Å². The Morgan fingerprint density at radius 3 is 2.64 bits per heavy atom. The van der Waals surface area contributed by atoms with Gasteiger partial charge in [-0.15, -0.1) is 0 Å². The SMILES string of the molecule is C=CC1(OCCO)OCCO1. The van der Waals surface area contributed by atoms with E-state index in [0.29, 0.717) is 13.2 Å². The van der Waals surface area contributed by atoms with Crippen molar-refractivity contribution in [1.29, 1.82) is 0 Å². The third-order valence-corrected chi connectivity index (χ3v) is 1.33. The fourth-order valence-electron chi connectivity index (χ4n) is 0.858. The quantitative estimate of drug-likeness (QED) is 0.582. The molecule has 1 heterocycles. The molecule has 0 unspecified atom stereocenters. The number of hydrogen-bond donors (Lipinski definition) is 1. The first-order chi connectivity index (χ1) is 5.33. The van der Waals surface area contributed by atoms with Crippen molar-refractivity contribution in [2.24, 2.45) is 0 Å². The van der Waals surface area contributed by atoms with Crippen LogP contribution in [0.4, 0.5) is 0 Å². The van der Waals surface area contributed by atoms with Gasteiger partial charge in [-0.25, -0.2) is 0 Å². The summed E-state index contributed by atoms with van der Waals surface area (Å²) in [5.41, 5.74) is 0. The maximum absolute atomic E-state index is 8.47. The molecule has 0 aromatic heterocycles. The minimum Gasteiger partial charge on any atom is -0.394 e. The van der Waals surface area contributed by atoms with Crippen LogP contribution in [0.15, 0.2) is 12.7 Å². The van der Waals surface area contributed by atoms with Gasteiger partial charge in [0.2, 0.25) is 0 Å². The topological polar surface area (TPSA) is 47.9 Å². The Bertz CT molecular complexity index is 128. The van der Waals surface area contributed by atoms with E-state index >= 15 is 0 Å². The molecule has 0 atom stereocenters. The Labute approximate surface area is 65.4 Å². The van der Waals surface area contributed by atoms with Crippen LogP contribution < -0.4 is 0 Å². The fraction of sp³-hybridized carbons (Fsp3) is 0.714. The molecule has 1 fully saturated rings. The molecular weight excluding hydrogens is 148 g/mol. The Morgan fingerprint density at radius 1 is 1.55 bits per heavy atom. The van der Waals surface area contributed by atoms with E-state index in [9.17, 15) is 0 Å². The predicted octanol–water partition coefficient (Wildman–Crippen LogP) is -0.118. The molecule has 0 spiro atoms. The van der Waals surface area contributed by atoms with E-state index in [-0.39, 0.29) is 13.2 Å². The van der Waals surface area contributed by atoms with Crippen LogP contribution in [0, 0.1) is 0 Å². The molecule has 1 N–H and O–H groups in total. The molecule has 0 bridgehead atoms. The minimum atomic E-state index is -1.11. The second kappa shape index (κ2) is 3.82.